The molecule has 0 fully saturated rings. The van der Waals surface area contributed by atoms with Crippen LogP contribution >= 0.6 is 27.5 Å². The van der Waals surface area contributed by atoms with Crippen LogP contribution in [0.2, 0.25) is 5.02 Å². The number of alkyl halides is 1. The SMILES string of the molecule is CC(Br)CC(C)(C)Cc1ccc(F)cc1Cl. The van der Waals surface area contributed by atoms with Crippen LogP contribution in [-0.2, 0) is 6.42 Å². The van der Waals surface area contributed by atoms with E-state index in [1.54, 1.807) is 6.07 Å². The van der Waals surface area contributed by atoms with Crippen LogP contribution in [-0.4, -0.2) is 4.83 Å². The first-order valence-corrected chi connectivity index (χ1v) is 6.67. The minimum atomic E-state index is -0.277. The van der Waals surface area contributed by atoms with Gasteiger partial charge in [0.25, 0.3) is 0 Å². The van der Waals surface area contributed by atoms with Crippen molar-refractivity contribution in [2.75, 3.05) is 0 Å². The third kappa shape index (κ3) is 4.42. The van der Waals surface area contributed by atoms with Crippen LogP contribution < -0.4 is 0 Å². The summed E-state index contributed by atoms with van der Waals surface area (Å²) in [5.74, 6) is -0.277. The summed E-state index contributed by atoms with van der Waals surface area (Å²) in [7, 11) is 0. The number of rotatable bonds is 4. The fraction of sp³-hybridized carbons (Fsp3) is 0.538. The van der Waals surface area contributed by atoms with Gasteiger partial charge in [-0.15, -0.1) is 0 Å². The van der Waals surface area contributed by atoms with Crippen molar-refractivity contribution in [3.63, 3.8) is 0 Å². The van der Waals surface area contributed by atoms with E-state index >= 15 is 0 Å². The number of benzene rings is 1. The summed E-state index contributed by atoms with van der Waals surface area (Å²) in [6, 6.07) is 4.62. The predicted octanol–water partition coefficient (Wildman–Crippen LogP) is 5.22. The summed E-state index contributed by atoms with van der Waals surface area (Å²) in [6.07, 6.45) is 1.92. The molecule has 0 radical (unpaired) electrons. The number of hydrogen-bond donors (Lipinski definition) is 0. The highest BCUT2D eigenvalue weighted by molar-refractivity contribution is 9.09. The first-order valence-electron chi connectivity index (χ1n) is 5.38. The Morgan fingerprint density at radius 2 is 2.06 bits per heavy atom. The maximum absolute atomic E-state index is 12.9. The molecule has 1 aromatic carbocycles. The first kappa shape index (κ1) is 14.0. The molecule has 1 unspecified atom stereocenters. The molecule has 0 amide bonds. The average Bonchev–Trinajstić information content (AvgIpc) is 2.07. The monoisotopic (exact) mass is 306 g/mol. The van der Waals surface area contributed by atoms with E-state index < -0.39 is 0 Å². The quantitative estimate of drug-likeness (QED) is 0.669. The molecule has 1 aromatic rings. The van der Waals surface area contributed by atoms with Gasteiger partial charge >= 0.3 is 0 Å². The van der Waals surface area contributed by atoms with Crippen molar-refractivity contribution >= 4 is 27.5 Å². The van der Waals surface area contributed by atoms with E-state index in [4.69, 9.17) is 11.6 Å². The van der Waals surface area contributed by atoms with Crippen molar-refractivity contribution in [3.8, 4) is 0 Å². The van der Waals surface area contributed by atoms with Gasteiger partial charge < -0.3 is 0 Å². The molecule has 0 aromatic heterocycles. The zero-order chi connectivity index (χ0) is 12.3. The van der Waals surface area contributed by atoms with Crippen LogP contribution in [0.4, 0.5) is 4.39 Å². The molecule has 16 heavy (non-hydrogen) atoms. The number of hydrogen-bond acceptors (Lipinski definition) is 0. The van der Waals surface area contributed by atoms with Gasteiger partial charge in [0.1, 0.15) is 5.82 Å². The molecule has 0 bridgehead atoms. The largest absolute Gasteiger partial charge is 0.207 e. The molecule has 0 saturated heterocycles. The summed E-state index contributed by atoms with van der Waals surface area (Å²) in [5.41, 5.74) is 1.17. The van der Waals surface area contributed by atoms with Crippen LogP contribution in [0.1, 0.15) is 32.8 Å². The van der Waals surface area contributed by atoms with Gasteiger partial charge in [-0.2, -0.15) is 0 Å². The van der Waals surface area contributed by atoms with E-state index in [9.17, 15) is 4.39 Å². The second-order valence-corrected chi connectivity index (χ2v) is 7.03. The summed E-state index contributed by atoms with van der Waals surface area (Å²) in [4.78, 5) is 0.474. The van der Waals surface area contributed by atoms with Crippen LogP contribution in [0.25, 0.3) is 0 Å². The Morgan fingerprint density at radius 3 is 2.56 bits per heavy atom. The van der Waals surface area contributed by atoms with E-state index in [1.807, 2.05) is 0 Å². The van der Waals surface area contributed by atoms with Gasteiger partial charge in [-0.05, 0) is 36.0 Å². The van der Waals surface area contributed by atoms with Crippen molar-refractivity contribution < 1.29 is 4.39 Å². The van der Waals surface area contributed by atoms with E-state index in [-0.39, 0.29) is 11.2 Å². The van der Waals surface area contributed by atoms with Crippen molar-refractivity contribution in [1.82, 2.24) is 0 Å². The van der Waals surface area contributed by atoms with Gasteiger partial charge in [-0.25, -0.2) is 4.39 Å². The molecule has 0 saturated carbocycles. The fourth-order valence-electron chi connectivity index (χ4n) is 2.01. The summed E-state index contributed by atoms with van der Waals surface area (Å²) in [6.45, 7) is 6.53. The van der Waals surface area contributed by atoms with Gasteiger partial charge in [0, 0.05) is 9.85 Å². The van der Waals surface area contributed by atoms with Gasteiger partial charge in [-0.3, -0.25) is 0 Å². The Kier molecular flexibility index (Phi) is 4.81. The minimum absolute atomic E-state index is 0.157. The third-order valence-corrected chi connectivity index (χ3v) is 3.19. The molecule has 0 aliphatic heterocycles. The lowest BCUT2D eigenvalue weighted by Crippen LogP contribution is -2.18. The van der Waals surface area contributed by atoms with Crippen LogP contribution in [0, 0.1) is 11.2 Å². The van der Waals surface area contributed by atoms with Crippen LogP contribution in [0.3, 0.4) is 0 Å². The second-order valence-electron chi connectivity index (χ2n) is 5.06. The van der Waals surface area contributed by atoms with E-state index in [1.165, 1.54) is 12.1 Å². The van der Waals surface area contributed by atoms with Crippen LogP contribution in [0.5, 0.6) is 0 Å². The maximum Gasteiger partial charge on any atom is 0.124 e. The van der Waals surface area contributed by atoms with E-state index in [0.717, 1.165) is 18.4 Å². The molecule has 0 aliphatic rings. The van der Waals surface area contributed by atoms with E-state index in [2.05, 4.69) is 36.7 Å². The summed E-state index contributed by atoms with van der Waals surface area (Å²) < 4.78 is 12.9. The van der Waals surface area contributed by atoms with Gasteiger partial charge in [0.15, 0.2) is 0 Å². The Morgan fingerprint density at radius 1 is 1.44 bits per heavy atom. The van der Waals surface area contributed by atoms with Crippen molar-refractivity contribution in [3.05, 3.63) is 34.6 Å². The highest BCUT2D eigenvalue weighted by Crippen LogP contribution is 2.32. The molecule has 0 nitrogen and oxygen atoms in total. The Bertz CT molecular complexity index is 361. The normalized spacial score (nSPS) is 13.9. The molecule has 0 N–H and O–H groups in total. The summed E-state index contributed by atoms with van der Waals surface area (Å²) in [5, 5.41) is 0.523. The molecule has 1 atom stereocenters. The van der Waals surface area contributed by atoms with Crippen LogP contribution in [0.15, 0.2) is 18.2 Å². The average molecular weight is 308 g/mol. The topological polar surface area (TPSA) is 0 Å². The molecule has 0 aliphatic carbocycles. The maximum atomic E-state index is 12.9. The fourth-order valence-corrected chi connectivity index (χ4v) is 3.12. The molecule has 0 spiro atoms. The first-order chi connectivity index (χ1) is 7.30. The van der Waals surface area contributed by atoms with Gasteiger partial charge in [0.2, 0.25) is 0 Å². The highest BCUT2D eigenvalue weighted by Gasteiger charge is 2.21. The third-order valence-electron chi connectivity index (χ3n) is 2.52. The zero-order valence-corrected chi connectivity index (χ0v) is 12.2. The Hall–Kier alpha value is -0.0800. The minimum Gasteiger partial charge on any atom is -0.207 e. The lowest BCUT2D eigenvalue weighted by atomic mass is 9.82. The number of halogens is 3. The van der Waals surface area contributed by atoms with Crippen molar-refractivity contribution in [2.45, 2.75) is 38.4 Å². The van der Waals surface area contributed by atoms with E-state index in [0.29, 0.717) is 9.85 Å². The molecular formula is C13H17BrClF. The van der Waals surface area contributed by atoms with Gasteiger partial charge in [-0.1, -0.05) is 54.4 Å². The molecule has 1 rings (SSSR count). The lowest BCUT2D eigenvalue weighted by molar-refractivity contribution is 0.335. The summed E-state index contributed by atoms with van der Waals surface area (Å²) >= 11 is 9.58. The Balaban J connectivity index is 2.79. The van der Waals surface area contributed by atoms with Crippen molar-refractivity contribution in [1.29, 1.82) is 0 Å². The zero-order valence-electron chi connectivity index (χ0n) is 9.86. The second kappa shape index (κ2) is 5.50. The van der Waals surface area contributed by atoms with Gasteiger partial charge in [0.05, 0.1) is 0 Å². The standard InChI is InChI=1S/C13H17BrClF/c1-9(14)7-13(2,3)8-10-4-5-11(16)6-12(10)15/h4-6,9H,7-8H2,1-3H3. The van der Waals surface area contributed by atoms with Crippen molar-refractivity contribution in [2.24, 2.45) is 5.41 Å². The molecular weight excluding hydrogens is 290 g/mol. The smallest absolute Gasteiger partial charge is 0.124 e. The lowest BCUT2D eigenvalue weighted by Gasteiger charge is -2.26. The molecule has 0 heterocycles. The highest BCUT2D eigenvalue weighted by atomic mass is 79.9. The Labute approximate surface area is 110 Å². The molecule has 90 valence electrons. The molecule has 3 heteroatoms. The predicted molar refractivity (Wildman–Crippen MR) is 71.9 cm³/mol.